The van der Waals surface area contributed by atoms with Crippen LogP contribution in [0.25, 0.3) is 0 Å². The lowest BCUT2D eigenvalue weighted by molar-refractivity contribution is -0.140. The van der Waals surface area contributed by atoms with Gasteiger partial charge in [-0.05, 0) is 39.0 Å². The number of guanidine groups is 1. The van der Waals surface area contributed by atoms with Gasteiger partial charge in [0.25, 0.3) is 5.92 Å². The number of nitrogens with one attached hydrogen (secondary N) is 1. The quantitative estimate of drug-likeness (QED) is 0.842. The molecule has 146 valence electrons. The van der Waals surface area contributed by atoms with Gasteiger partial charge in [0.1, 0.15) is 17.3 Å². The Morgan fingerprint density at radius 2 is 1.93 bits per heavy atom. The first kappa shape index (κ1) is 19.2. The molecular formula is C18H21F3N4O2. The van der Waals surface area contributed by atoms with E-state index in [4.69, 9.17) is 5.73 Å². The fourth-order valence-electron chi connectivity index (χ4n) is 3.28. The van der Waals surface area contributed by atoms with Crippen LogP contribution < -0.4 is 11.1 Å². The van der Waals surface area contributed by atoms with Crippen molar-refractivity contribution in [3.05, 3.63) is 29.6 Å². The van der Waals surface area contributed by atoms with Crippen LogP contribution in [0, 0.1) is 17.2 Å². The number of alkyl halides is 2. The number of anilines is 1. The molecule has 1 aromatic rings. The third-order valence-corrected chi connectivity index (χ3v) is 5.64. The summed E-state index contributed by atoms with van der Waals surface area (Å²) in [6.07, 6.45) is -0.501. The highest BCUT2D eigenvalue weighted by atomic mass is 19.3. The van der Waals surface area contributed by atoms with E-state index in [1.807, 2.05) is 0 Å². The summed E-state index contributed by atoms with van der Waals surface area (Å²) in [5.74, 6) is -6.26. The molecule has 1 aromatic carbocycles. The highest BCUT2D eigenvalue weighted by Crippen LogP contribution is 2.50. The van der Waals surface area contributed by atoms with Crippen LogP contribution in [0.3, 0.4) is 0 Å². The lowest BCUT2D eigenvalue weighted by Crippen LogP contribution is -2.58. The maximum atomic E-state index is 14.7. The number of nitrogens with zero attached hydrogens (tertiary/aromatic N) is 2. The molecule has 9 heteroatoms. The van der Waals surface area contributed by atoms with E-state index in [0.717, 1.165) is 6.07 Å². The van der Waals surface area contributed by atoms with E-state index >= 15 is 0 Å². The molecular weight excluding hydrogens is 361 g/mol. The molecule has 3 N–H and O–H groups in total. The summed E-state index contributed by atoms with van der Waals surface area (Å²) in [5, 5.41) is 2.38. The summed E-state index contributed by atoms with van der Waals surface area (Å²) < 4.78 is 40.8. The average Bonchev–Trinajstić information content (AvgIpc) is 3.22. The van der Waals surface area contributed by atoms with Gasteiger partial charge in [0.2, 0.25) is 11.8 Å². The van der Waals surface area contributed by atoms with E-state index in [1.54, 1.807) is 20.8 Å². The lowest BCUT2D eigenvalue weighted by Gasteiger charge is -2.46. The van der Waals surface area contributed by atoms with E-state index in [2.05, 4.69) is 10.3 Å². The van der Waals surface area contributed by atoms with Gasteiger partial charge in [0.05, 0.1) is 5.41 Å². The van der Waals surface area contributed by atoms with Gasteiger partial charge in [-0.1, -0.05) is 0 Å². The van der Waals surface area contributed by atoms with E-state index in [-0.39, 0.29) is 23.1 Å². The van der Waals surface area contributed by atoms with Crippen LogP contribution in [0.1, 0.15) is 32.8 Å². The minimum atomic E-state index is -3.00. The van der Waals surface area contributed by atoms with Crippen LogP contribution in [0.4, 0.5) is 18.9 Å². The molecule has 27 heavy (non-hydrogen) atoms. The van der Waals surface area contributed by atoms with Crippen molar-refractivity contribution in [2.75, 3.05) is 12.4 Å². The van der Waals surface area contributed by atoms with Crippen molar-refractivity contribution >= 4 is 23.5 Å². The molecule has 3 rings (SSSR count). The van der Waals surface area contributed by atoms with Gasteiger partial charge < -0.3 is 11.1 Å². The van der Waals surface area contributed by atoms with Gasteiger partial charge in [-0.15, -0.1) is 0 Å². The van der Waals surface area contributed by atoms with E-state index in [9.17, 15) is 22.8 Å². The third kappa shape index (κ3) is 2.85. The number of carbonyl (C=O) groups is 2. The summed E-state index contributed by atoms with van der Waals surface area (Å²) in [7, 11) is 1.48. The molecule has 2 aliphatic rings. The Labute approximate surface area is 154 Å². The highest BCUT2D eigenvalue weighted by Gasteiger charge is 2.61. The fraction of sp³-hybridized carbons (Fsp3) is 0.500. The predicted molar refractivity (Wildman–Crippen MR) is 93.6 cm³/mol. The molecule has 0 unspecified atom stereocenters. The second kappa shape index (κ2) is 5.71. The largest absolute Gasteiger partial charge is 0.369 e. The smallest absolute Gasteiger partial charge is 0.260 e. The molecule has 1 heterocycles. The molecule has 1 aliphatic carbocycles. The van der Waals surface area contributed by atoms with Gasteiger partial charge in [0, 0.05) is 24.7 Å². The van der Waals surface area contributed by atoms with Gasteiger partial charge in [-0.3, -0.25) is 14.5 Å². The topological polar surface area (TPSA) is 87.8 Å². The SMILES string of the molecule is CN1C(=O)C(C)(C)[C@@](C)(c2cc(NC(=O)[C@@H]3CC3(F)F)ccc2F)N=C1N. The van der Waals surface area contributed by atoms with Crippen molar-refractivity contribution < 1.29 is 22.8 Å². The van der Waals surface area contributed by atoms with Crippen LogP contribution in [-0.4, -0.2) is 35.6 Å². The van der Waals surface area contributed by atoms with Crippen molar-refractivity contribution in [2.24, 2.45) is 22.1 Å². The van der Waals surface area contributed by atoms with E-state index < -0.39 is 40.9 Å². The molecule has 1 fully saturated rings. The molecule has 1 aliphatic heterocycles. The minimum Gasteiger partial charge on any atom is -0.369 e. The zero-order valence-corrected chi connectivity index (χ0v) is 15.4. The number of nitrogens with two attached hydrogens (primary N) is 1. The third-order valence-electron chi connectivity index (χ3n) is 5.64. The molecule has 2 atom stereocenters. The Balaban J connectivity index is 2.01. The second-order valence-corrected chi connectivity index (χ2v) is 7.73. The number of hydrogen-bond donors (Lipinski definition) is 2. The lowest BCUT2D eigenvalue weighted by atomic mass is 9.67. The maximum absolute atomic E-state index is 14.7. The van der Waals surface area contributed by atoms with Crippen LogP contribution in [0.5, 0.6) is 0 Å². The standard InChI is InChI=1S/C18H21F3N4O2/c1-16(2)14(27)25(4)15(22)24-17(16,3)10-7-9(5-6-12(10)19)23-13(26)11-8-18(11,20)21/h5-7,11H,8H2,1-4H3,(H2,22,24)(H,23,26)/t11-,17+/m0/s1. The number of hydrogen-bond acceptors (Lipinski definition) is 4. The average molecular weight is 382 g/mol. The van der Waals surface area contributed by atoms with E-state index in [0.29, 0.717) is 0 Å². The fourth-order valence-corrected chi connectivity index (χ4v) is 3.28. The van der Waals surface area contributed by atoms with E-state index in [1.165, 1.54) is 24.1 Å². The van der Waals surface area contributed by atoms with Crippen LogP contribution in [-0.2, 0) is 15.1 Å². The number of carbonyl (C=O) groups excluding carboxylic acids is 2. The highest BCUT2D eigenvalue weighted by molar-refractivity contribution is 6.02. The summed E-state index contributed by atoms with van der Waals surface area (Å²) in [5.41, 5.74) is 3.52. The van der Waals surface area contributed by atoms with Gasteiger partial charge >= 0.3 is 0 Å². The Hall–Kier alpha value is -2.58. The van der Waals surface area contributed by atoms with Crippen molar-refractivity contribution in [2.45, 2.75) is 38.7 Å². The number of halogens is 3. The second-order valence-electron chi connectivity index (χ2n) is 7.73. The van der Waals surface area contributed by atoms with Gasteiger partial charge in [0.15, 0.2) is 5.96 Å². The Bertz CT molecular complexity index is 868. The monoisotopic (exact) mass is 382 g/mol. The molecule has 1 saturated carbocycles. The van der Waals surface area contributed by atoms with Crippen molar-refractivity contribution in [3.8, 4) is 0 Å². The van der Waals surface area contributed by atoms with Gasteiger partial charge in [-0.2, -0.15) is 0 Å². The van der Waals surface area contributed by atoms with Crippen LogP contribution >= 0.6 is 0 Å². The zero-order chi connectivity index (χ0) is 20.4. The maximum Gasteiger partial charge on any atom is 0.260 e. The Kier molecular flexibility index (Phi) is 4.06. The van der Waals surface area contributed by atoms with Gasteiger partial charge in [-0.25, -0.2) is 18.2 Å². The molecule has 0 saturated heterocycles. The Morgan fingerprint density at radius 3 is 2.48 bits per heavy atom. The number of rotatable bonds is 3. The summed E-state index contributed by atoms with van der Waals surface area (Å²) in [6, 6.07) is 3.69. The summed E-state index contributed by atoms with van der Waals surface area (Å²) >= 11 is 0. The number of aliphatic imine (C=N–C) groups is 1. The normalized spacial score (nSPS) is 28.6. The van der Waals surface area contributed by atoms with Crippen molar-refractivity contribution in [1.82, 2.24) is 4.90 Å². The molecule has 0 bridgehead atoms. The first-order valence-corrected chi connectivity index (χ1v) is 8.43. The minimum absolute atomic E-state index is 0.0391. The summed E-state index contributed by atoms with van der Waals surface area (Å²) in [4.78, 5) is 30.1. The van der Waals surface area contributed by atoms with Crippen molar-refractivity contribution in [3.63, 3.8) is 0 Å². The number of amides is 2. The molecule has 0 radical (unpaired) electrons. The molecule has 0 aromatic heterocycles. The number of benzene rings is 1. The Morgan fingerprint density at radius 1 is 1.33 bits per heavy atom. The molecule has 2 amide bonds. The molecule has 0 spiro atoms. The van der Waals surface area contributed by atoms with Crippen LogP contribution in [0.2, 0.25) is 0 Å². The molecule has 6 nitrogen and oxygen atoms in total. The zero-order valence-electron chi connectivity index (χ0n) is 15.4. The summed E-state index contributed by atoms with van der Waals surface area (Å²) in [6.45, 7) is 4.82. The predicted octanol–water partition coefficient (Wildman–Crippen LogP) is 2.45. The van der Waals surface area contributed by atoms with Crippen LogP contribution in [0.15, 0.2) is 23.2 Å². The first-order valence-electron chi connectivity index (χ1n) is 8.43. The van der Waals surface area contributed by atoms with Crippen molar-refractivity contribution in [1.29, 1.82) is 0 Å². The first-order chi connectivity index (χ1) is 12.3.